The van der Waals surface area contributed by atoms with Crippen LogP contribution in [-0.4, -0.2) is 36.9 Å². The van der Waals surface area contributed by atoms with Gasteiger partial charge in [-0.3, -0.25) is 13.8 Å². The van der Waals surface area contributed by atoms with Crippen molar-refractivity contribution in [3.63, 3.8) is 0 Å². The highest BCUT2D eigenvalue weighted by molar-refractivity contribution is 9.10. The predicted molar refractivity (Wildman–Crippen MR) is 121 cm³/mol. The third kappa shape index (κ3) is 4.09. The van der Waals surface area contributed by atoms with Gasteiger partial charge in [-0.15, -0.1) is 21.5 Å². The molecule has 1 atom stereocenters. The monoisotopic (exact) mass is 503 g/mol. The second kappa shape index (κ2) is 8.62. The molecular formula is C20H18BrN5O2S2. The lowest BCUT2D eigenvalue weighted by molar-refractivity contribution is 0.0953. The lowest BCUT2D eigenvalue weighted by Crippen LogP contribution is -2.17. The molecule has 0 aromatic carbocycles. The van der Waals surface area contributed by atoms with Crippen molar-refractivity contribution >= 4 is 44.7 Å². The third-order valence-electron chi connectivity index (χ3n) is 4.89. The molecule has 0 bridgehead atoms. The van der Waals surface area contributed by atoms with Crippen LogP contribution >= 0.6 is 39.0 Å². The molecule has 5 rings (SSSR count). The first-order valence-corrected chi connectivity index (χ1v) is 12.2. The zero-order valence-corrected chi connectivity index (χ0v) is 19.1. The Labute approximate surface area is 189 Å². The Balaban J connectivity index is 1.42. The van der Waals surface area contributed by atoms with Gasteiger partial charge in [-0.25, -0.2) is 4.98 Å². The molecule has 0 saturated carbocycles. The molecular weight excluding hydrogens is 486 g/mol. The summed E-state index contributed by atoms with van der Waals surface area (Å²) in [5.41, 5.74) is 1.25. The first kappa shape index (κ1) is 19.9. The number of thioether (sulfide) groups is 1. The molecule has 0 unspecified atom stereocenters. The largest absolute Gasteiger partial charge is 0.376 e. The molecule has 0 N–H and O–H groups in total. The minimum Gasteiger partial charge on any atom is -0.376 e. The summed E-state index contributed by atoms with van der Waals surface area (Å²) in [5.74, 6) is 1.40. The van der Waals surface area contributed by atoms with Crippen LogP contribution < -0.4 is 5.56 Å². The summed E-state index contributed by atoms with van der Waals surface area (Å²) >= 11 is 6.58. The van der Waals surface area contributed by atoms with Gasteiger partial charge >= 0.3 is 0 Å². The van der Waals surface area contributed by atoms with Crippen LogP contribution in [0.3, 0.4) is 0 Å². The van der Waals surface area contributed by atoms with Crippen molar-refractivity contribution in [1.29, 1.82) is 0 Å². The molecule has 0 spiro atoms. The van der Waals surface area contributed by atoms with Gasteiger partial charge in [-0.1, -0.05) is 17.8 Å². The Bertz CT molecular complexity index is 1230. The van der Waals surface area contributed by atoms with Gasteiger partial charge in [0, 0.05) is 29.1 Å². The second-order valence-electron chi connectivity index (χ2n) is 6.98. The highest BCUT2D eigenvalue weighted by atomic mass is 79.9. The molecule has 0 amide bonds. The summed E-state index contributed by atoms with van der Waals surface area (Å²) in [6.07, 6.45) is 4.05. The maximum Gasteiger partial charge on any atom is 0.258 e. The SMILES string of the molecule is O=c1cc(CSc2nnc(-c3cccs3)n2C[C@@H]2CCCO2)nc2ccc(Br)cn12. The zero-order valence-electron chi connectivity index (χ0n) is 15.9. The van der Waals surface area contributed by atoms with Crippen LogP contribution in [0.5, 0.6) is 0 Å². The van der Waals surface area contributed by atoms with E-state index in [1.165, 1.54) is 4.40 Å². The van der Waals surface area contributed by atoms with E-state index in [0.717, 1.165) is 52.0 Å². The van der Waals surface area contributed by atoms with Crippen molar-refractivity contribution in [2.45, 2.75) is 36.4 Å². The Morgan fingerprint density at radius 1 is 1.30 bits per heavy atom. The normalized spacial score (nSPS) is 16.5. The fraction of sp³-hybridized carbons (Fsp3) is 0.300. The van der Waals surface area contributed by atoms with Crippen LogP contribution in [-0.2, 0) is 17.0 Å². The van der Waals surface area contributed by atoms with Crippen LogP contribution in [0, 0.1) is 0 Å². The maximum atomic E-state index is 12.5. The van der Waals surface area contributed by atoms with E-state index in [9.17, 15) is 4.79 Å². The first-order valence-electron chi connectivity index (χ1n) is 9.57. The Hall–Kier alpha value is -2.01. The second-order valence-corrected chi connectivity index (χ2v) is 9.78. The molecule has 1 fully saturated rings. The average molecular weight is 504 g/mol. The van der Waals surface area contributed by atoms with Gasteiger partial charge in [0.05, 0.1) is 23.2 Å². The number of hydrogen-bond donors (Lipinski definition) is 0. The van der Waals surface area contributed by atoms with Gasteiger partial charge in [-0.2, -0.15) is 0 Å². The first-order chi connectivity index (χ1) is 14.7. The Kier molecular flexibility index (Phi) is 5.72. The third-order valence-corrected chi connectivity index (χ3v) is 7.23. The quantitative estimate of drug-likeness (QED) is 0.366. The fourth-order valence-electron chi connectivity index (χ4n) is 3.48. The lowest BCUT2D eigenvalue weighted by Gasteiger charge is -2.14. The van der Waals surface area contributed by atoms with Crippen LogP contribution in [0.15, 0.2) is 56.3 Å². The fourth-order valence-corrected chi connectivity index (χ4v) is 5.37. The smallest absolute Gasteiger partial charge is 0.258 e. The topological polar surface area (TPSA) is 74.3 Å². The van der Waals surface area contributed by atoms with E-state index >= 15 is 0 Å². The highest BCUT2D eigenvalue weighted by Gasteiger charge is 2.22. The number of hydrogen-bond acceptors (Lipinski definition) is 7. The maximum absolute atomic E-state index is 12.5. The number of nitrogens with zero attached hydrogens (tertiary/aromatic N) is 5. The van der Waals surface area contributed by atoms with E-state index in [2.05, 4.69) is 41.7 Å². The predicted octanol–water partition coefficient (Wildman–Crippen LogP) is 4.25. The summed E-state index contributed by atoms with van der Waals surface area (Å²) in [6.45, 7) is 1.54. The van der Waals surface area contributed by atoms with Crippen LogP contribution in [0.1, 0.15) is 18.5 Å². The molecule has 1 aliphatic rings. The molecule has 4 aromatic heterocycles. The van der Waals surface area contributed by atoms with E-state index in [0.29, 0.717) is 11.4 Å². The minimum atomic E-state index is -0.100. The van der Waals surface area contributed by atoms with Crippen molar-refractivity contribution in [1.82, 2.24) is 24.1 Å². The van der Waals surface area contributed by atoms with Crippen LogP contribution in [0.2, 0.25) is 0 Å². The zero-order chi connectivity index (χ0) is 20.5. The Morgan fingerprint density at radius 2 is 2.23 bits per heavy atom. The summed E-state index contributed by atoms with van der Waals surface area (Å²) < 4.78 is 10.4. The molecule has 1 aliphatic heterocycles. The van der Waals surface area contributed by atoms with Gasteiger partial charge in [0.2, 0.25) is 0 Å². The number of halogens is 1. The minimum absolute atomic E-state index is 0.100. The number of fused-ring (bicyclic) bond motifs is 1. The molecule has 7 nitrogen and oxygen atoms in total. The molecule has 10 heteroatoms. The average Bonchev–Trinajstić information content (AvgIpc) is 3.50. The number of thiophene rings is 1. The summed E-state index contributed by atoms with van der Waals surface area (Å²) in [4.78, 5) is 18.2. The van der Waals surface area contributed by atoms with E-state index in [4.69, 9.17) is 4.74 Å². The standard InChI is InChI=1S/C20H18BrN5O2S2/c21-13-5-6-17-22-14(9-18(27)25(17)10-13)12-30-20-24-23-19(16-4-2-8-29-16)26(20)11-15-3-1-7-28-15/h2,4-6,8-10,15H,1,3,7,11-12H2/t15-/m0/s1. The number of rotatable bonds is 6. The van der Waals surface area contributed by atoms with Gasteiger partial charge < -0.3 is 4.74 Å². The molecule has 30 heavy (non-hydrogen) atoms. The van der Waals surface area contributed by atoms with E-state index in [1.54, 1.807) is 35.4 Å². The molecule has 5 heterocycles. The van der Waals surface area contributed by atoms with Gasteiger partial charge in [0.15, 0.2) is 11.0 Å². The van der Waals surface area contributed by atoms with E-state index in [1.807, 2.05) is 23.6 Å². The molecule has 1 saturated heterocycles. The molecule has 154 valence electrons. The summed E-state index contributed by atoms with van der Waals surface area (Å²) in [7, 11) is 0. The number of pyridine rings is 1. The van der Waals surface area contributed by atoms with Crippen LogP contribution in [0.25, 0.3) is 16.3 Å². The van der Waals surface area contributed by atoms with Gasteiger partial charge in [0.25, 0.3) is 5.56 Å². The van der Waals surface area contributed by atoms with Gasteiger partial charge in [-0.05, 0) is 52.4 Å². The van der Waals surface area contributed by atoms with Crippen LogP contribution in [0.4, 0.5) is 0 Å². The van der Waals surface area contributed by atoms with E-state index in [-0.39, 0.29) is 11.7 Å². The molecule has 4 aromatic rings. The number of aromatic nitrogens is 5. The van der Waals surface area contributed by atoms with Gasteiger partial charge in [0.1, 0.15) is 5.65 Å². The summed E-state index contributed by atoms with van der Waals surface area (Å²) in [5, 5.41) is 11.7. The van der Waals surface area contributed by atoms with Crippen molar-refractivity contribution in [2.75, 3.05) is 6.61 Å². The number of ether oxygens (including phenoxy) is 1. The summed E-state index contributed by atoms with van der Waals surface area (Å²) in [6, 6.07) is 9.36. The van der Waals surface area contributed by atoms with Crippen molar-refractivity contribution in [2.24, 2.45) is 0 Å². The molecule has 0 radical (unpaired) electrons. The Morgan fingerprint density at radius 3 is 3.03 bits per heavy atom. The lowest BCUT2D eigenvalue weighted by atomic mass is 10.2. The van der Waals surface area contributed by atoms with Crippen molar-refractivity contribution in [3.05, 3.63) is 62.4 Å². The van der Waals surface area contributed by atoms with Crippen molar-refractivity contribution in [3.8, 4) is 10.7 Å². The van der Waals surface area contributed by atoms with Crippen molar-refractivity contribution < 1.29 is 4.74 Å². The van der Waals surface area contributed by atoms with E-state index < -0.39 is 0 Å². The highest BCUT2D eigenvalue weighted by Crippen LogP contribution is 2.30. The molecule has 0 aliphatic carbocycles.